The van der Waals surface area contributed by atoms with E-state index in [1.165, 1.54) is 0 Å². The number of hydrogen-bond donors (Lipinski definition) is 1. The van der Waals surface area contributed by atoms with Gasteiger partial charge in [-0.05, 0) is 42.0 Å². The first-order valence-corrected chi connectivity index (χ1v) is 9.17. The van der Waals surface area contributed by atoms with Gasteiger partial charge in [0.25, 0.3) is 0 Å². The van der Waals surface area contributed by atoms with Crippen LogP contribution in [0.3, 0.4) is 0 Å². The molecule has 0 aliphatic carbocycles. The second-order valence-corrected chi connectivity index (χ2v) is 6.51. The average Bonchev–Trinajstić information content (AvgIpc) is 3.08. The molecule has 0 saturated carbocycles. The summed E-state index contributed by atoms with van der Waals surface area (Å²) in [5, 5.41) is 0. The van der Waals surface area contributed by atoms with E-state index in [-0.39, 0.29) is 0 Å². The molecule has 0 bridgehead atoms. The molecule has 2 aromatic heterocycles. The quantitative estimate of drug-likeness (QED) is 0.518. The minimum Gasteiger partial charge on any atom is -0.495 e. The van der Waals surface area contributed by atoms with Gasteiger partial charge in [-0.1, -0.05) is 18.2 Å². The van der Waals surface area contributed by atoms with Crippen molar-refractivity contribution in [2.75, 3.05) is 20.0 Å². The predicted octanol–water partition coefficient (Wildman–Crippen LogP) is 3.66. The summed E-state index contributed by atoms with van der Waals surface area (Å²) in [6.45, 7) is 0.918. The largest absolute Gasteiger partial charge is 0.495 e. The van der Waals surface area contributed by atoms with Gasteiger partial charge in [-0.25, -0.2) is 4.98 Å². The molecule has 0 radical (unpaired) electrons. The van der Waals surface area contributed by atoms with Crippen LogP contribution in [0.5, 0.6) is 17.2 Å². The van der Waals surface area contributed by atoms with Crippen LogP contribution in [0.15, 0.2) is 60.8 Å². The van der Waals surface area contributed by atoms with Crippen molar-refractivity contribution in [3.05, 3.63) is 72.1 Å². The van der Waals surface area contributed by atoms with E-state index < -0.39 is 0 Å². The van der Waals surface area contributed by atoms with Crippen LogP contribution >= 0.6 is 0 Å². The molecular formula is C22H22N4O3. The number of para-hydroxylation sites is 2. The zero-order chi connectivity index (χ0) is 20.2. The molecule has 0 aliphatic heterocycles. The van der Waals surface area contributed by atoms with Crippen LogP contribution < -0.4 is 19.9 Å². The van der Waals surface area contributed by atoms with Gasteiger partial charge in [-0.2, -0.15) is 0 Å². The minimum absolute atomic E-state index is 0.332. The summed E-state index contributed by atoms with van der Waals surface area (Å²) in [5.41, 5.74) is 9.82. The Bertz CT molecular complexity index is 1120. The van der Waals surface area contributed by atoms with Crippen molar-refractivity contribution in [2.45, 2.75) is 13.2 Å². The van der Waals surface area contributed by atoms with Gasteiger partial charge < -0.3 is 24.5 Å². The molecule has 2 N–H and O–H groups in total. The van der Waals surface area contributed by atoms with Crippen LogP contribution in [0.1, 0.15) is 11.3 Å². The van der Waals surface area contributed by atoms with E-state index in [0.29, 0.717) is 36.3 Å². The number of benzene rings is 2. The minimum atomic E-state index is 0.332. The molecule has 7 heteroatoms. The first kappa shape index (κ1) is 18.6. The van der Waals surface area contributed by atoms with Crippen molar-refractivity contribution in [1.29, 1.82) is 0 Å². The number of fused-ring (bicyclic) bond motifs is 1. The summed E-state index contributed by atoms with van der Waals surface area (Å²) in [7, 11) is 3.23. The molecule has 4 rings (SSSR count). The molecule has 0 unspecified atom stereocenters. The smallest absolute Gasteiger partial charge is 0.201 e. The highest BCUT2D eigenvalue weighted by Crippen LogP contribution is 2.30. The first-order chi connectivity index (χ1) is 14.2. The second-order valence-electron chi connectivity index (χ2n) is 6.51. The van der Waals surface area contributed by atoms with Crippen molar-refractivity contribution < 1.29 is 14.2 Å². The normalized spacial score (nSPS) is 10.8. The number of methoxy groups -OCH3 is 2. The van der Waals surface area contributed by atoms with Crippen LogP contribution in [0, 0.1) is 0 Å². The zero-order valence-electron chi connectivity index (χ0n) is 16.3. The molecule has 148 valence electrons. The summed E-state index contributed by atoms with van der Waals surface area (Å²) < 4.78 is 18.5. The van der Waals surface area contributed by atoms with E-state index in [0.717, 1.165) is 22.3 Å². The lowest BCUT2D eigenvalue weighted by molar-refractivity contribution is 0.280. The van der Waals surface area contributed by atoms with E-state index in [1.54, 1.807) is 20.4 Å². The molecule has 2 heterocycles. The Morgan fingerprint density at radius 1 is 0.966 bits per heavy atom. The monoisotopic (exact) mass is 390 g/mol. The van der Waals surface area contributed by atoms with Gasteiger partial charge in [-0.15, -0.1) is 0 Å². The second kappa shape index (κ2) is 8.10. The van der Waals surface area contributed by atoms with Crippen molar-refractivity contribution in [3.63, 3.8) is 0 Å². The molecule has 0 spiro atoms. The number of nitrogens with zero attached hydrogens (tertiary/aromatic N) is 3. The van der Waals surface area contributed by atoms with Crippen molar-refractivity contribution in [1.82, 2.24) is 14.5 Å². The molecule has 4 aromatic rings. The molecule has 7 nitrogen and oxygen atoms in total. The number of anilines is 1. The third-order valence-electron chi connectivity index (χ3n) is 4.66. The number of hydrogen-bond acceptors (Lipinski definition) is 6. The van der Waals surface area contributed by atoms with Gasteiger partial charge in [0.15, 0.2) is 11.5 Å². The fourth-order valence-corrected chi connectivity index (χ4v) is 3.14. The number of aromatic nitrogens is 3. The zero-order valence-corrected chi connectivity index (χ0v) is 16.3. The maximum Gasteiger partial charge on any atom is 0.201 e. The molecule has 0 atom stereocenters. The third-order valence-corrected chi connectivity index (χ3v) is 4.66. The SMILES string of the molecule is COc1ccc(COc2ccc(Cn3c(N)nc4ccccc43)cc2OC)nc1. The highest BCUT2D eigenvalue weighted by Gasteiger charge is 2.11. The van der Waals surface area contributed by atoms with Crippen LogP contribution in [-0.4, -0.2) is 28.8 Å². The van der Waals surface area contributed by atoms with E-state index >= 15 is 0 Å². The molecule has 29 heavy (non-hydrogen) atoms. The van der Waals surface area contributed by atoms with Crippen LogP contribution in [0.25, 0.3) is 11.0 Å². The van der Waals surface area contributed by atoms with Crippen molar-refractivity contribution in [2.24, 2.45) is 0 Å². The van der Waals surface area contributed by atoms with Crippen molar-refractivity contribution in [3.8, 4) is 17.2 Å². The maximum atomic E-state index is 6.11. The van der Waals surface area contributed by atoms with Gasteiger partial charge >= 0.3 is 0 Å². The lowest BCUT2D eigenvalue weighted by atomic mass is 10.2. The Hall–Kier alpha value is -3.74. The Morgan fingerprint density at radius 2 is 1.83 bits per heavy atom. The molecule has 0 aliphatic rings. The van der Waals surface area contributed by atoms with Crippen molar-refractivity contribution >= 4 is 17.0 Å². The van der Waals surface area contributed by atoms with Crippen LogP contribution in [-0.2, 0) is 13.2 Å². The predicted molar refractivity (Wildman–Crippen MR) is 111 cm³/mol. The average molecular weight is 390 g/mol. The van der Waals surface area contributed by atoms with Gasteiger partial charge in [-0.3, -0.25) is 4.98 Å². The topological polar surface area (TPSA) is 84.4 Å². The van der Waals surface area contributed by atoms with Crippen LogP contribution in [0.4, 0.5) is 5.95 Å². The number of pyridine rings is 1. The van der Waals surface area contributed by atoms with E-state index in [2.05, 4.69) is 9.97 Å². The number of nitrogen functional groups attached to an aromatic ring is 1. The van der Waals surface area contributed by atoms with E-state index in [1.807, 2.05) is 59.2 Å². The summed E-state index contributed by atoms with van der Waals surface area (Å²) in [6, 6.07) is 17.4. The summed E-state index contributed by atoms with van der Waals surface area (Å²) in [4.78, 5) is 8.72. The highest BCUT2D eigenvalue weighted by molar-refractivity contribution is 5.78. The van der Waals surface area contributed by atoms with Gasteiger partial charge in [0.1, 0.15) is 12.4 Å². The fourth-order valence-electron chi connectivity index (χ4n) is 3.14. The number of nitrogens with two attached hydrogens (primary N) is 1. The molecule has 0 fully saturated rings. The third kappa shape index (κ3) is 3.94. The highest BCUT2D eigenvalue weighted by atomic mass is 16.5. The Morgan fingerprint density at radius 3 is 2.59 bits per heavy atom. The summed E-state index contributed by atoms with van der Waals surface area (Å²) in [6.07, 6.45) is 1.67. The Kier molecular flexibility index (Phi) is 5.20. The molecular weight excluding hydrogens is 368 g/mol. The number of ether oxygens (including phenoxy) is 3. The van der Waals surface area contributed by atoms with Gasteiger partial charge in [0.05, 0.1) is 43.7 Å². The first-order valence-electron chi connectivity index (χ1n) is 9.17. The molecule has 0 saturated heterocycles. The lowest BCUT2D eigenvalue weighted by Crippen LogP contribution is -2.05. The van der Waals surface area contributed by atoms with E-state index in [4.69, 9.17) is 19.9 Å². The van der Waals surface area contributed by atoms with Gasteiger partial charge in [0, 0.05) is 0 Å². The molecule has 0 amide bonds. The van der Waals surface area contributed by atoms with Crippen LogP contribution in [0.2, 0.25) is 0 Å². The Labute approximate surface area is 168 Å². The number of imidazole rings is 1. The van der Waals surface area contributed by atoms with E-state index in [9.17, 15) is 0 Å². The Balaban J connectivity index is 1.52. The van der Waals surface area contributed by atoms with Gasteiger partial charge in [0.2, 0.25) is 5.95 Å². The summed E-state index contributed by atoms with van der Waals surface area (Å²) in [5.74, 6) is 2.49. The number of rotatable bonds is 7. The fraction of sp³-hybridized carbons (Fsp3) is 0.182. The standard InChI is InChI=1S/C22H22N4O3/c1-27-17-9-8-16(24-12-17)14-29-20-10-7-15(11-21(20)28-2)13-26-19-6-4-3-5-18(19)25-22(26)23/h3-12H,13-14H2,1-2H3,(H2,23,25). The maximum absolute atomic E-state index is 6.11. The summed E-state index contributed by atoms with van der Waals surface area (Å²) >= 11 is 0. The lowest BCUT2D eigenvalue weighted by Gasteiger charge is -2.13. The molecule has 2 aromatic carbocycles.